The van der Waals surface area contributed by atoms with Crippen LogP contribution in [0, 0.1) is 11.7 Å². The Kier molecular flexibility index (Phi) is 4.85. The van der Waals surface area contributed by atoms with Crippen molar-refractivity contribution in [3.8, 4) is 0 Å². The van der Waals surface area contributed by atoms with Crippen LogP contribution in [0.5, 0.6) is 0 Å². The molecular weight excluding hydrogens is 307 g/mol. The number of hydrogen-bond acceptors (Lipinski definition) is 2. The predicted octanol–water partition coefficient (Wildman–Crippen LogP) is 3.80. The smallest absolute Gasteiger partial charge is 0.147 e. The summed E-state index contributed by atoms with van der Waals surface area (Å²) >= 11 is 3.48. The van der Waals surface area contributed by atoms with Gasteiger partial charge >= 0.3 is 0 Å². The molecule has 0 radical (unpaired) electrons. The summed E-state index contributed by atoms with van der Waals surface area (Å²) in [6.45, 7) is 8.35. The molecule has 4 heteroatoms. The first kappa shape index (κ1) is 14.8. The summed E-state index contributed by atoms with van der Waals surface area (Å²) in [7, 11) is 0. The SMILES string of the molecule is CC(C)CC1CN(c2c(F)cccc2Br)C(C)CN1. The van der Waals surface area contributed by atoms with Crippen molar-refractivity contribution in [2.45, 2.75) is 39.3 Å². The van der Waals surface area contributed by atoms with Crippen molar-refractivity contribution in [3.63, 3.8) is 0 Å². The van der Waals surface area contributed by atoms with Gasteiger partial charge in [-0.05, 0) is 47.3 Å². The van der Waals surface area contributed by atoms with Crippen molar-refractivity contribution >= 4 is 21.6 Å². The molecule has 0 saturated carbocycles. The van der Waals surface area contributed by atoms with E-state index in [2.05, 4.69) is 46.9 Å². The maximum absolute atomic E-state index is 14.1. The van der Waals surface area contributed by atoms with Crippen molar-refractivity contribution in [2.75, 3.05) is 18.0 Å². The molecule has 2 rings (SSSR count). The molecule has 1 heterocycles. The van der Waals surface area contributed by atoms with E-state index in [0.717, 1.165) is 24.0 Å². The number of para-hydroxylation sites is 1. The number of halogens is 2. The Bertz CT molecular complexity index is 416. The van der Waals surface area contributed by atoms with Gasteiger partial charge in [-0.2, -0.15) is 0 Å². The van der Waals surface area contributed by atoms with Gasteiger partial charge in [0.2, 0.25) is 0 Å². The topological polar surface area (TPSA) is 15.3 Å². The highest BCUT2D eigenvalue weighted by molar-refractivity contribution is 9.10. The molecule has 1 fully saturated rings. The van der Waals surface area contributed by atoms with Gasteiger partial charge in [-0.3, -0.25) is 0 Å². The molecule has 1 aliphatic heterocycles. The fraction of sp³-hybridized carbons (Fsp3) is 0.600. The van der Waals surface area contributed by atoms with Crippen LogP contribution in [0.15, 0.2) is 22.7 Å². The summed E-state index contributed by atoms with van der Waals surface area (Å²) in [5, 5.41) is 3.56. The van der Waals surface area contributed by atoms with Gasteiger partial charge in [0.25, 0.3) is 0 Å². The van der Waals surface area contributed by atoms with Gasteiger partial charge in [-0.15, -0.1) is 0 Å². The van der Waals surface area contributed by atoms with E-state index in [4.69, 9.17) is 0 Å². The minimum absolute atomic E-state index is 0.147. The highest BCUT2D eigenvalue weighted by Gasteiger charge is 2.28. The Morgan fingerprint density at radius 1 is 1.47 bits per heavy atom. The number of nitrogens with one attached hydrogen (secondary N) is 1. The van der Waals surface area contributed by atoms with Crippen molar-refractivity contribution in [1.29, 1.82) is 0 Å². The zero-order valence-corrected chi connectivity index (χ0v) is 13.4. The van der Waals surface area contributed by atoms with Crippen LogP contribution in [0.2, 0.25) is 0 Å². The van der Waals surface area contributed by atoms with Crippen LogP contribution in [0.25, 0.3) is 0 Å². The van der Waals surface area contributed by atoms with Gasteiger partial charge in [0.15, 0.2) is 0 Å². The fourth-order valence-electron chi connectivity index (χ4n) is 2.73. The largest absolute Gasteiger partial charge is 0.363 e. The normalized spacial score (nSPS) is 24.0. The van der Waals surface area contributed by atoms with Crippen LogP contribution >= 0.6 is 15.9 Å². The van der Waals surface area contributed by atoms with Gasteiger partial charge in [0.05, 0.1) is 5.69 Å². The van der Waals surface area contributed by atoms with Crippen LogP contribution in [0.1, 0.15) is 27.2 Å². The Morgan fingerprint density at radius 2 is 2.21 bits per heavy atom. The zero-order chi connectivity index (χ0) is 14.0. The monoisotopic (exact) mass is 328 g/mol. The number of anilines is 1. The molecule has 1 aliphatic rings. The minimum atomic E-state index is -0.147. The Labute approximate surface area is 123 Å². The zero-order valence-electron chi connectivity index (χ0n) is 11.8. The van der Waals surface area contributed by atoms with E-state index >= 15 is 0 Å². The van der Waals surface area contributed by atoms with Gasteiger partial charge in [-0.25, -0.2) is 4.39 Å². The molecule has 1 N–H and O–H groups in total. The molecule has 2 nitrogen and oxygen atoms in total. The van der Waals surface area contributed by atoms with Crippen LogP contribution in [-0.2, 0) is 0 Å². The lowest BCUT2D eigenvalue weighted by atomic mass is 9.99. The van der Waals surface area contributed by atoms with Gasteiger partial charge in [0, 0.05) is 29.6 Å². The summed E-state index contributed by atoms with van der Waals surface area (Å²) < 4.78 is 14.9. The second kappa shape index (κ2) is 6.23. The molecule has 0 amide bonds. The summed E-state index contributed by atoms with van der Waals surface area (Å²) in [6.07, 6.45) is 1.12. The van der Waals surface area contributed by atoms with Gasteiger partial charge < -0.3 is 10.2 Å². The van der Waals surface area contributed by atoms with Crippen LogP contribution in [0.3, 0.4) is 0 Å². The van der Waals surface area contributed by atoms with Gasteiger partial charge in [-0.1, -0.05) is 19.9 Å². The fourth-order valence-corrected chi connectivity index (χ4v) is 3.30. The quantitative estimate of drug-likeness (QED) is 0.907. The maximum atomic E-state index is 14.1. The molecule has 1 saturated heterocycles. The van der Waals surface area contributed by atoms with Crippen molar-refractivity contribution in [2.24, 2.45) is 5.92 Å². The Hall–Kier alpha value is -0.610. The van der Waals surface area contributed by atoms with E-state index in [1.807, 2.05) is 6.07 Å². The molecule has 2 unspecified atom stereocenters. The summed E-state index contributed by atoms with van der Waals surface area (Å²) in [5.74, 6) is 0.503. The lowest BCUT2D eigenvalue weighted by Crippen LogP contribution is -2.56. The first-order chi connectivity index (χ1) is 8.99. The predicted molar refractivity (Wildman–Crippen MR) is 82.2 cm³/mol. The van der Waals surface area contributed by atoms with Crippen molar-refractivity contribution in [3.05, 3.63) is 28.5 Å². The third-order valence-electron chi connectivity index (χ3n) is 3.63. The van der Waals surface area contributed by atoms with Crippen LogP contribution in [0.4, 0.5) is 10.1 Å². The third kappa shape index (κ3) is 3.48. The second-order valence-corrected chi connectivity index (χ2v) is 6.66. The molecule has 1 aromatic carbocycles. The number of piperazine rings is 1. The van der Waals surface area contributed by atoms with Gasteiger partial charge in [0.1, 0.15) is 5.82 Å². The molecule has 0 bridgehead atoms. The standard InChI is InChI=1S/C15H22BrFN2/c1-10(2)7-12-9-19(11(3)8-18-12)15-13(16)5-4-6-14(15)17/h4-6,10-12,18H,7-9H2,1-3H3. The summed E-state index contributed by atoms with van der Waals surface area (Å²) in [4.78, 5) is 2.18. The van der Waals surface area contributed by atoms with Crippen molar-refractivity contribution in [1.82, 2.24) is 5.32 Å². The Morgan fingerprint density at radius 3 is 2.84 bits per heavy atom. The van der Waals surface area contributed by atoms with E-state index in [1.54, 1.807) is 6.07 Å². The highest BCUT2D eigenvalue weighted by atomic mass is 79.9. The minimum Gasteiger partial charge on any atom is -0.363 e. The van der Waals surface area contributed by atoms with E-state index in [9.17, 15) is 4.39 Å². The van der Waals surface area contributed by atoms with Crippen molar-refractivity contribution < 1.29 is 4.39 Å². The maximum Gasteiger partial charge on any atom is 0.147 e. The molecular formula is C15H22BrFN2. The molecule has 0 aliphatic carbocycles. The van der Waals surface area contributed by atoms with Crippen LogP contribution in [-0.4, -0.2) is 25.2 Å². The molecule has 19 heavy (non-hydrogen) atoms. The molecule has 2 atom stereocenters. The third-order valence-corrected chi connectivity index (χ3v) is 4.27. The number of benzene rings is 1. The summed E-state index contributed by atoms with van der Waals surface area (Å²) in [5.41, 5.74) is 0.699. The first-order valence-corrected chi connectivity index (χ1v) is 7.72. The average Bonchev–Trinajstić information content (AvgIpc) is 2.32. The number of hydrogen-bond donors (Lipinski definition) is 1. The molecule has 106 valence electrons. The average molecular weight is 329 g/mol. The molecule has 0 aromatic heterocycles. The number of rotatable bonds is 3. The second-order valence-electron chi connectivity index (χ2n) is 5.81. The van der Waals surface area contributed by atoms with E-state index in [1.165, 1.54) is 6.07 Å². The first-order valence-electron chi connectivity index (χ1n) is 6.93. The molecule has 0 spiro atoms. The van der Waals surface area contributed by atoms with E-state index < -0.39 is 0 Å². The molecule has 1 aromatic rings. The van der Waals surface area contributed by atoms with Crippen LogP contribution < -0.4 is 10.2 Å². The Balaban J connectivity index is 2.21. The summed E-state index contributed by atoms with van der Waals surface area (Å²) in [6, 6.07) is 5.91. The lowest BCUT2D eigenvalue weighted by Gasteiger charge is -2.41. The number of nitrogens with zero attached hydrogens (tertiary/aromatic N) is 1. The highest BCUT2D eigenvalue weighted by Crippen LogP contribution is 2.32. The lowest BCUT2D eigenvalue weighted by molar-refractivity contribution is 0.353. The van der Waals surface area contributed by atoms with E-state index in [0.29, 0.717) is 23.7 Å². The van der Waals surface area contributed by atoms with E-state index in [-0.39, 0.29) is 5.82 Å².